The highest BCUT2D eigenvalue weighted by molar-refractivity contribution is 7.09. The van der Waals surface area contributed by atoms with Crippen LogP contribution in [0.15, 0.2) is 29.8 Å². The van der Waals surface area contributed by atoms with Crippen LogP contribution in [0.1, 0.15) is 40.7 Å². The summed E-state index contributed by atoms with van der Waals surface area (Å²) in [5.74, 6) is 1.41. The molecular formula is C17H18N2O3S. The van der Waals surface area contributed by atoms with Gasteiger partial charge in [-0.25, -0.2) is 4.98 Å². The van der Waals surface area contributed by atoms with Crippen molar-refractivity contribution in [3.05, 3.63) is 40.3 Å². The Hall–Kier alpha value is -2.08. The monoisotopic (exact) mass is 330 g/mol. The molecular weight excluding hydrogens is 312 g/mol. The molecule has 1 fully saturated rings. The Morgan fingerprint density at radius 2 is 2.09 bits per heavy atom. The molecule has 0 unspecified atom stereocenters. The summed E-state index contributed by atoms with van der Waals surface area (Å²) in [6.45, 7) is 1.85. The highest BCUT2D eigenvalue weighted by Crippen LogP contribution is 2.35. The molecule has 0 radical (unpaired) electrons. The number of likely N-dealkylation sites (tertiary alicyclic amines) is 1. The van der Waals surface area contributed by atoms with Crippen LogP contribution in [-0.4, -0.2) is 35.5 Å². The summed E-state index contributed by atoms with van der Waals surface area (Å²) in [5.41, 5.74) is 0.651. The van der Waals surface area contributed by atoms with Crippen molar-refractivity contribution >= 4 is 17.2 Å². The number of piperidine rings is 1. The first kappa shape index (κ1) is 14.5. The van der Waals surface area contributed by atoms with E-state index in [-0.39, 0.29) is 11.9 Å². The smallest absolute Gasteiger partial charge is 0.254 e. The fourth-order valence-electron chi connectivity index (χ4n) is 3.17. The number of aromatic nitrogens is 1. The molecule has 5 nitrogen and oxygen atoms in total. The fourth-order valence-corrected chi connectivity index (χ4v) is 3.96. The van der Waals surface area contributed by atoms with Crippen LogP contribution in [0.4, 0.5) is 0 Å². The number of nitrogens with zero attached hydrogens (tertiary/aromatic N) is 2. The normalized spacial score (nSPS) is 20.3. The lowest BCUT2D eigenvalue weighted by atomic mass is 10.0. The second kappa shape index (κ2) is 6.20. The minimum absolute atomic E-state index is 0.0434. The van der Waals surface area contributed by atoms with Crippen LogP contribution in [0.5, 0.6) is 11.5 Å². The van der Waals surface area contributed by atoms with E-state index in [1.54, 1.807) is 23.6 Å². The zero-order valence-corrected chi connectivity index (χ0v) is 13.6. The number of fused-ring (bicyclic) bond motifs is 1. The SMILES string of the molecule is O=C(c1ccc2c(c1)OCCO2)N1CCCC[C@H]1c1nccs1. The van der Waals surface area contributed by atoms with Gasteiger partial charge in [-0.3, -0.25) is 4.79 Å². The molecule has 6 heteroatoms. The van der Waals surface area contributed by atoms with Crippen LogP contribution in [0.25, 0.3) is 0 Å². The number of carbonyl (C=O) groups is 1. The van der Waals surface area contributed by atoms with Crippen molar-refractivity contribution in [2.75, 3.05) is 19.8 Å². The van der Waals surface area contributed by atoms with Crippen LogP contribution in [0.2, 0.25) is 0 Å². The molecule has 2 aromatic rings. The van der Waals surface area contributed by atoms with Crippen LogP contribution >= 0.6 is 11.3 Å². The summed E-state index contributed by atoms with van der Waals surface area (Å²) in [6.07, 6.45) is 4.96. The molecule has 0 aliphatic carbocycles. The van der Waals surface area contributed by atoms with Crippen molar-refractivity contribution in [1.29, 1.82) is 0 Å². The third-order valence-electron chi connectivity index (χ3n) is 4.29. The van der Waals surface area contributed by atoms with Gasteiger partial charge in [-0.15, -0.1) is 11.3 Å². The first-order valence-electron chi connectivity index (χ1n) is 7.93. The molecule has 0 N–H and O–H groups in total. The zero-order valence-electron chi connectivity index (χ0n) is 12.7. The number of hydrogen-bond acceptors (Lipinski definition) is 5. The highest BCUT2D eigenvalue weighted by atomic mass is 32.1. The lowest BCUT2D eigenvalue weighted by molar-refractivity contribution is 0.0610. The molecule has 0 spiro atoms. The maximum atomic E-state index is 13.0. The van der Waals surface area contributed by atoms with Gasteiger partial charge in [-0.1, -0.05) is 0 Å². The molecule has 1 aromatic carbocycles. The van der Waals surface area contributed by atoms with Gasteiger partial charge >= 0.3 is 0 Å². The molecule has 1 aromatic heterocycles. The van der Waals surface area contributed by atoms with Gasteiger partial charge < -0.3 is 14.4 Å². The molecule has 1 saturated heterocycles. The van der Waals surface area contributed by atoms with Crippen molar-refractivity contribution < 1.29 is 14.3 Å². The maximum Gasteiger partial charge on any atom is 0.254 e. The number of carbonyl (C=O) groups excluding carboxylic acids is 1. The van der Waals surface area contributed by atoms with Crippen LogP contribution in [0, 0.1) is 0 Å². The van der Waals surface area contributed by atoms with Gasteiger partial charge in [-0.05, 0) is 37.5 Å². The Bertz CT molecular complexity index is 702. The average molecular weight is 330 g/mol. The third kappa shape index (κ3) is 2.79. The summed E-state index contributed by atoms with van der Waals surface area (Å²) >= 11 is 1.62. The van der Waals surface area contributed by atoms with Crippen molar-refractivity contribution in [1.82, 2.24) is 9.88 Å². The number of amides is 1. The van der Waals surface area contributed by atoms with Gasteiger partial charge in [0.1, 0.15) is 18.2 Å². The molecule has 3 heterocycles. The van der Waals surface area contributed by atoms with E-state index >= 15 is 0 Å². The standard InChI is InChI=1S/C17H18N2O3S/c20-17(12-4-5-14-15(11-12)22-9-8-21-14)19-7-2-1-3-13(19)16-18-6-10-23-16/h4-6,10-11,13H,1-3,7-9H2/t13-/m0/s1. The summed E-state index contributed by atoms with van der Waals surface area (Å²) in [7, 11) is 0. The molecule has 2 aliphatic heterocycles. The number of thiazole rings is 1. The first-order chi connectivity index (χ1) is 11.3. The van der Waals surface area contributed by atoms with Crippen LogP contribution in [-0.2, 0) is 0 Å². The first-order valence-corrected chi connectivity index (χ1v) is 8.81. The zero-order chi connectivity index (χ0) is 15.6. The largest absolute Gasteiger partial charge is 0.486 e. The molecule has 120 valence electrons. The quantitative estimate of drug-likeness (QED) is 0.848. The van der Waals surface area contributed by atoms with E-state index in [0.717, 1.165) is 30.8 Å². The van der Waals surface area contributed by atoms with Crippen molar-refractivity contribution in [2.24, 2.45) is 0 Å². The lowest BCUT2D eigenvalue weighted by Crippen LogP contribution is -2.38. The fraction of sp³-hybridized carbons (Fsp3) is 0.412. The number of ether oxygens (including phenoxy) is 2. The summed E-state index contributed by atoms with van der Waals surface area (Å²) < 4.78 is 11.1. The van der Waals surface area contributed by atoms with E-state index in [2.05, 4.69) is 4.98 Å². The van der Waals surface area contributed by atoms with Crippen LogP contribution < -0.4 is 9.47 Å². The average Bonchev–Trinajstić information content (AvgIpc) is 3.15. The van der Waals surface area contributed by atoms with Crippen LogP contribution in [0.3, 0.4) is 0 Å². The van der Waals surface area contributed by atoms with Gasteiger partial charge in [-0.2, -0.15) is 0 Å². The molecule has 0 saturated carbocycles. The van der Waals surface area contributed by atoms with Gasteiger partial charge in [0.25, 0.3) is 5.91 Å². The molecule has 4 rings (SSSR count). The van der Waals surface area contributed by atoms with E-state index in [1.165, 1.54) is 0 Å². The van der Waals surface area contributed by atoms with E-state index in [4.69, 9.17) is 9.47 Å². The molecule has 23 heavy (non-hydrogen) atoms. The van der Waals surface area contributed by atoms with Crippen molar-refractivity contribution in [3.8, 4) is 11.5 Å². The van der Waals surface area contributed by atoms with E-state index in [9.17, 15) is 4.79 Å². The minimum Gasteiger partial charge on any atom is -0.486 e. The number of hydrogen-bond donors (Lipinski definition) is 0. The second-order valence-corrected chi connectivity index (χ2v) is 6.67. The van der Waals surface area contributed by atoms with E-state index < -0.39 is 0 Å². The van der Waals surface area contributed by atoms with E-state index in [0.29, 0.717) is 30.3 Å². The Kier molecular flexibility index (Phi) is 3.91. The Morgan fingerprint density at radius 3 is 2.91 bits per heavy atom. The van der Waals surface area contributed by atoms with Gasteiger partial charge in [0.05, 0.1) is 6.04 Å². The minimum atomic E-state index is 0.0434. The van der Waals surface area contributed by atoms with Gasteiger partial charge in [0, 0.05) is 23.7 Å². The maximum absolute atomic E-state index is 13.0. The van der Waals surface area contributed by atoms with Gasteiger partial charge in [0.2, 0.25) is 0 Å². The predicted octanol–water partition coefficient (Wildman–Crippen LogP) is 3.28. The molecule has 1 amide bonds. The Labute approximate surface area is 138 Å². The topological polar surface area (TPSA) is 51.7 Å². The summed E-state index contributed by atoms with van der Waals surface area (Å²) in [4.78, 5) is 19.4. The molecule has 1 atom stereocenters. The molecule has 2 aliphatic rings. The number of benzene rings is 1. The van der Waals surface area contributed by atoms with Crippen molar-refractivity contribution in [2.45, 2.75) is 25.3 Å². The summed E-state index contributed by atoms with van der Waals surface area (Å²) in [6, 6.07) is 5.53. The Balaban J connectivity index is 1.62. The predicted molar refractivity (Wildman–Crippen MR) is 87.2 cm³/mol. The van der Waals surface area contributed by atoms with Gasteiger partial charge in [0.15, 0.2) is 11.5 Å². The second-order valence-electron chi connectivity index (χ2n) is 5.74. The third-order valence-corrected chi connectivity index (χ3v) is 5.17. The lowest BCUT2D eigenvalue weighted by Gasteiger charge is -2.34. The van der Waals surface area contributed by atoms with Crippen molar-refractivity contribution in [3.63, 3.8) is 0 Å². The van der Waals surface area contributed by atoms with E-state index in [1.807, 2.05) is 22.4 Å². The summed E-state index contributed by atoms with van der Waals surface area (Å²) in [5, 5.41) is 2.99. The molecule has 0 bridgehead atoms. The highest BCUT2D eigenvalue weighted by Gasteiger charge is 2.30. The number of rotatable bonds is 2. The Morgan fingerprint density at radius 1 is 1.22 bits per heavy atom.